The Morgan fingerprint density at radius 3 is 2.35 bits per heavy atom. The minimum atomic E-state index is -0.128. The van der Waals surface area contributed by atoms with Crippen LogP contribution in [0, 0.1) is 29.1 Å². The van der Waals surface area contributed by atoms with Crippen LogP contribution in [0.3, 0.4) is 0 Å². The van der Waals surface area contributed by atoms with E-state index in [4.69, 9.17) is 11.0 Å². The van der Waals surface area contributed by atoms with Crippen LogP contribution < -0.4 is 5.73 Å². The summed E-state index contributed by atoms with van der Waals surface area (Å²) in [5.74, 6) is 0.308. The molecular formula is C13H25N3O. The summed E-state index contributed by atoms with van der Waals surface area (Å²) in [6.07, 6.45) is 0.812. The van der Waals surface area contributed by atoms with Crippen LogP contribution in [0.5, 0.6) is 0 Å². The Bertz CT molecular complexity index is 270. The fourth-order valence-corrected chi connectivity index (χ4v) is 1.87. The van der Waals surface area contributed by atoms with Crippen molar-refractivity contribution in [2.24, 2.45) is 23.5 Å². The Morgan fingerprint density at radius 2 is 2.00 bits per heavy atom. The largest absolute Gasteiger partial charge is 0.341 e. The van der Waals surface area contributed by atoms with Crippen molar-refractivity contribution < 1.29 is 4.79 Å². The van der Waals surface area contributed by atoms with Crippen molar-refractivity contribution in [3.05, 3.63) is 0 Å². The zero-order chi connectivity index (χ0) is 13.4. The summed E-state index contributed by atoms with van der Waals surface area (Å²) in [7, 11) is 0. The molecule has 2 N–H and O–H groups in total. The number of amides is 1. The van der Waals surface area contributed by atoms with E-state index in [1.54, 1.807) is 4.90 Å². The lowest BCUT2D eigenvalue weighted by Gasteiger charge is -2.27. The number of carbonyl (C=O) groups is 1. The third kappa shape index (κ3) is 5.69. The van der Waals surface area contributed by atoms with E-state index in [-0.39, 0.29) is 17.7 Å². The molecule has 0 aromatic rings. The van der Waals surface area contributed by atoms with Gasteiger partial charge in [-0.2, -0.15) is 5.26 Å². The minimum absolute atomic E-state index is 0.0887. The van der Waals surface area contributed by atoms with Crippen LogP contribution in [0.15, 0.2) is 0 Å². The molecule has 1 amide bonds. The lowest BCUT2D eigenvalue weighted by atomic mass is 9.95. The second-order valence-corrected chi connectivity index (χ2v) is 4.97. The number of nitrogens with two attached hydrogens (primary N) is 1. The topological polar surface area (TPSA) is 70.1 Å². The van der Waals surface area contributed by atoms with Crippen molar-refractivity contribution in [2.75, 3.05) is 19.6 Å². The molecule has 0 fully saturated rings. The zero-order valence-corrected chi connectivity index (χ0v) is 11.4. The van der Waals surface area contributed by atoms with Crippen LogP contribution in [-0.2, 0) is 4.79 Å². The molecule has 4 heteroatoms. The number of hydrogen-bond acceptors (Lipinski definition) is 3. The SMILES string of the molecule is CCN(CC(C)C#N)C(=O)C(CN)CC(C)C. The third-order valence-electron chi connectivity index (χ3n) is 2.80. The monoisotopic (exact) mass is 239 g/mol. The van der Waals surface area contributed by atoms with E-state index < -0.39 is 0 Å². The second-order valence-electron chi connectivity index (χ2n) is 4.97. The average Bonchev–Trinajstić information content (AvgIpc) is 2.31. The van der Waals surface area contributed by atoms with Gasteiger partial charge in [-0.15, -0.1) is 0 Å². The summed E-state index contributed by atoms with van der Waals surface area (Å²) >= 11 is 0. The Balaban J connectivity index is 4.54. The van der Waals surface area contributed by atoms with E-state index in [1.165, 1.54) is 0 Å². The maximum atomic E-state index is 12.2. The molecule has 2 atom stereocenters. The molecule has 0 saturated heterocycles. The molecule has 2 unspecified atom stereocenters. The van der Waals surface area contributed by atoms with E-state index in [0.29, 0.717) is 25.6 Å². The molecule has 17 heavy (non-hydrogen) atoms. The number of carbonyl (C=O) groups excluding carboxylic acids is 1. The molecule has 4 nitrogen and oxygen atoms in total. The zero-order valence-electron chi connectivity index (χ0n) is 11.4. The Hall–Kier alpha value is -1.08. The Labute approximate surface area is 105 Å². The van der Waals surface area contributed by atoms with Gasteiger partial charge in [0.1, 0.15) is 0 Å². The molecule has 0 aliphatic rings. The highest BCUT2D eigenvalue weighted by Crippen LogP contribution is 2.14. The highest BCUT2D eigenvalue weighted by Gasteiger charge is 2.24. The van der Waals surface area contributed by atoms with Gasteiger partial charge in [0.25, 0.3) is 0 Å². The first kappa shape index (κ1) is 15.9. The lowest BCUT2D eigenvalue weighted by Crippen LogP contribution is -2.41. The van der Waals surface area contributed by atoms with Crippen LogP contribution in [0.2, 0.25) is 0 Å². The maximum Gasteiger partial charge on any atom is 0.226 e. The first-order chi connectivity index (χ1) is 7.96. The molecule has 0 heterocycles. The van der Waals surface area contributed by atoms with Crippen molar-refractivity contribution in [1.82, 2.24) is 4.90 Å². The predicted molar refractivity (Wildman–Crippen MR) is 69.0 cm³/mol. The van der Waals surface area contributed by atoms with Gasteiger partial charge in [0.15, 0.2) is 0 Å². The van der Waals surface area contributed by atoms with Crippen molar-refractivity contribution in [3.63, 3.8) is 0 Å². The van der Waals surface area contributed by atoms with Gasteiger partial charge in [-0.05, 0) is 26.2 Å². The van der Waals surface area contributed by atoms with Crippen LogP contribution in [0.4, 0.5) is 0 Å². The van der Waals surface area contributed by atoms with E-state index in [9.17, 15) is 4.79 Å². The standard InChI is InChI=1S/C13H25N3O/c1-5-16(9-11(4)7-14)13(17)12(8-15)6-10(2)3/h10-12H,5-6,8-9,15H2,1-4H3. The number of nitriles is 1. The molecule has 0 rings (SSSR count). The molecule has 98 valence electrons. The van der Waals surface area contributed by atoms with Crippen molar-refractivity contribution in [1.29, 1.82) is 5.26 Å². The summed E-state index contributed by atoms with van der Waals surface area (Å²) in [4.78, 5) is 14.0. The lowest BCUT2D eigenvalue weighted by molar-refractivity contribution is -0.135. The van der Waals surface area contributed by atoms with Crippen LogP contribution in [0.25, 0.3) is 0 Å². The molecule has 0 spiro atoms. The van der Waals surface area contributed by atoms with Gasteiger partial charge in [0.05, 0.1) is 17.9 Å². The van der Waals surface area contributed by atoms with Gasteiger partial charge in [-0.1, -0.05) is 13.8 Å². The molecule has 0 aliphatic carbocycles. The van der Waals surface area contributed by atoms with Gasteiger partial charge in [0, 0.05) is 19.6 Å². The maximum absolute atomic E-state index is 12.2. The van der Waals surface area contributed by atoms with Crippen molar-refractivity contribution in [3.8, 4) is 6.07 Å². The van der Waals surface area contributed by atoms with Crippen molar-refractivity contribution in [2.45, 2.75) is 34.1 Å². The third-order valence-corrected chi connectivity index (χ3v) is 2.80. The molecular weight excluding hydrogens is 214 g/mol. The van der Waals surface area contributed by atoms with E-state index >= 15 is 0 Å². The molecule has 0 radical (unpaired) electrons. The summed E-state index contributed by atoms with van der Waals surface area (Å²) in [5, 5.41) is 8.79. The quantitative estimate of drug-likeness (QED) is 0.734. The summed E-state index contributed by atoms with van der Waals surface area (Å²) in [5.41, 5.74) is 5.67. The van der Waals surface area contributed by atoms with Crippen molar-refractivity contribution >= 4 is 5.91 Å². The van der Waals surface area contributed by atoms with Gasteiger partial charge in [-0.3, -0.25) is 4.79 Å². The molecule has 0 aromatic heterocycles. The van der Waals surface area contributed by atoms with Gasteiger partial charge in [0.2, 0.25) is 5.91 Å². The number of rotatable bonds is 7. The number of hydrogen-bond donors (Lipinski definition) is 1. The fourth-order valence-electron chi connectivity index (χ4n) is 1.87. The highest BCUT2D eigenvalue weighted by molar-refractivity contribution is 5.79. The Morgan fingerprint density at radius 1 is 1.41 bits per heavy atom. The fraction of sp³-hybridized carbons (Fsp3) is 0.846. The Kier molecular flexibility index (Phi) is 7.56. The van der Waals surface area contributed by atoms with E-state index in [0.717, 1.165) is 6.42 Å². The first-order valence-electron chi connectivity index (χ1n) is 6.34. The second kappa shape index (κ2) is 8.08. The summed E-state index contributed by atoms with van der Waals surface area (Å²) < 4.78 is 0. The van der Waals surface area contributed by atoms with Crippen LogP contribution in [0.1, 0.15) is 34.1 Å². The van der Waals surface area contributed by atoms with Crippen LogP contribution >= 0.6 is 0 Å². The average molecular weight is 239 g/mol. The normalized spacial score (nSPS) is 14.2. The van der Waals surface area contributed by atoms with Gasteiger partial charge < -0.3 is 10.6 Å². The van der Waals surface area contributed by atoms with E-state index in [1.807, 2.05) is 13.8 Å². The summed E-state index contributed by atoms with van der Waals surface area (Å²) in [6, 6.07) is 2.16. The predicted octanol–water partition coefficient (Wildman–Crippen LogP) is 1.62. The van der Waals surface area contributed by atoms with Gasteiger partial charge >= 0.3 is 0 Å². The van der Waals surface area contributed by atoms with E-state index in [2.05, 4.69) is 19.9 Å². The highest BCUT2D eigenvalue weighted by atomic mass is 16.2. The summed E-state index contributed by atoms with van der Waals surface area (Å²) in [6.45, 7) is 9.46. The molecule has 0 aromatic carbocycles. The number of nitrogens with zero attached hydrogens (tertiary/aromatic N) is 2. The smallest absolute Gasteiger partial charge is 0.226 e. The first-order valence-corrected chi connectivity index (χ1v) is 6.34. The van der Waals surface area contributed by atoms with Crippen LogP contribution in [-0.4, -0.2) is 30.4 Å². The molecule has 0 bridgehead atoms. The van der Waals surface area contributed by atoms with Gasteiger partial charge in [-0.25, -0.2) is 0 Å². The molecule has 0 aliphatic heterocycles. The minimum Gasteiger partial charge on any atom is -0.341 e. The molecule has 0 saturated carbocycles.